The van der Waals surface area contributed by atoms with Crippen molar-refractivity contribution in [3.8, 4) is 5.75 Å². The Balaban J connectivity index is 1.56. The fourth-order valence-corrected chi connectivity index (χ4v) is 4.14. The highest BCUT2D eigenvalue weighted by atomic mass is 79.9. The Morgan fingerprint density at radius 3 is 2.89 bits per heavy atom. The Labute approximate surface area is 172 Å². The zero-order valence-corrected chi connectivity index (χ0v) is 17.4. The van der Waals surface area contributed by atoms with Gasteiger partial charge in [-0.25, -0.2) is 0 Å². The molecule has 0 fully saturated rings. The summed E-state index contributed by atoms with van der Waals surface area (Å²) in [6.45, 7) is 4.82. The third-order valence-electron chi connectivity index (χ3n) is 5.05. The highest BCUT2D eigenvalue weighted by Gasteiger charge is 2.26. The summed E-state index contributed by atoms with van der Waals surface area (Å²) in [5, 5.41) is 1.17. The first kappa shape index (κ1) is 19.0. The molecule has 146 valence electrons. The number of benzene rings is 2. The van der Waals surface area contributed by atoms with Crippen LogP contribution in [0.5, 0.6) is 5.75 Å². The maximum atomic E-state index is 13.2. The molecule has 3 aromatic rings. The molecule has 0 aliphatic carbocycles. The third kappa shape index (κ3) is 3.66. The molecule has 1 aromatic heterocycles. The third-order valence-corrected chi connectivity index (χ3v) is 5.71. The lowest BCUT2D eigenvalue weighted by molar-refractivity contribution is 0.0725. The van der Waals surface area contributed by atoms with Gasteiger partial charge in [-0.05, 0) is 41.1 Å². The van der Waals surface area contributed by atoms with E-state index in [4.69, 9.17) is 9.47 Å². The highest BCUT2D eigenvalue weighted by Crippen LogP contribution is 2.32. The molecule has 4 rings (SSSR count). The van der Waals surface area contributed by atoms with Crippen molar-refractivity contribution in [2.45, 2.75) is 19.9 Å². The SMILES string of the molecule is CCOCCOc1ccccc1C(=O)N1CCc2[nH]c3c(Br)cccc3c2C1. The number of hydrogen-bond donors (Lipinski definition) is 1. The van der Waals surface area contributed by atoms with E-state index in [9.17, 15) is 4.79 Å². The van der Waals surface area contributed by atoms with Gasteiger partial charge in [-0.3, -0.25) is 4.79 Å². The van der Waals surface area contributed by atoms with Crippen LogP contribution in [0.1, 0.15) is 28.5 Å². The van der Waals surface area contributed by atoms with E-state index < -0.39 is 0 Å². The van der Waals surface area contributed by atoms with E-state index in [1.165, 1.54) is 16.6 Å². The quantitative estimate of drug-likeness (QED) is 0.569. The lowest BCUT2D eigenvalue weighted by Gasteiger charge is -2.28. The second-order valence-electron chi connectivity index (χ2n) is 6.76. The lowest BCUT2D eigenvalue weighted by Crippen LogP contribution is -2.36. The summed E-state index contributed by atoms with van der Waals surface area (Å²) in [5.74, 6) is 0.613. The molecule has 1 aliphatic rings. The summed E-state index contributed by atoms with van der Waals surface area (Å²) >= 11 is 3.61. The van der Waals surface area contributed by atoms with Crippen LogP contribution in [0.3, 0.4) is 0 Å². The average Bonchev–Trinajstić information content (AvgIpc) is 3.10. The number of H-pyrrole nitrogens is 1. The van der Waals surface area contributed by atoms with Gasteiger partial charge in [0.05, 0.1) is 17.7 Å². The molecule has 6 heteroatoms. The van der Waals surface area contributed by atoms with Crippen molar-refractivity contribution in [2.24, 2.45) is 0 Å². The van der Waals surface area contributed by atoms with E-state index in [0.717, 1.165) is 16.4 Å². The number of hydrogen-bond acceptors (Lipinski definition) is 3. The number of nitrogens with zero attached hydrogens (tertiary/aromatic N) is 1. The summed E-state index contributed by atoms with van der Waals surface area (Å²) < 4.78 is 12.2. The van der Waals surface area contributed by atoms with Crippen molar-refractivity contribution < 1.29 is 14.3 Å². The monoisotopic (exact) mass is 442 g/mol. The minimum atomic E-state index is 0.00186. The van der Waals surface area contributed by atoms with E-state index in [0.29, 0.717) is 44.2 Å². The Morgan fingerprint density at radius 1 is 1.18 bits per heavy atom. The first-order valence-electron chi connectivity index (χ1n) is 9.55. The van der Waals surface area contributed by atoms with Crippen LogP contribution in [-0.4, -0.2) is 42.2 Å². The molecule has 0 radical (unpaired) electrons. The van der Waals surface area contributed by atoms with Crippen molar-refractivity contribution in [1.29, 1.82) is 0 Å². The van der Waals surface area contributed by atoms with Crippen LogP contribution in [0.4, 0.5) is 0 Å². The number of halogens is 1. The molecular formula is C22H23BrN2O3. The van der Waals surface area contributed by atoms with E-state index in [1.54, 1.807) is 0 Å². The zero-order valence-electron chi connectivity index (χ0n) is 15.8. The summed E-state index contributed by atoms with van der Waals surface area (Å²) in [6, 6.07) is 13.6. The van der Waals surface area contributed by atoms with E-state index >= 15 is 0 Å². The van der Waals surface area contributed by atoms with Gasteiger partial charge in [0.15, 0.2) is 0 Å². The predicted octanol–water partition coefficient (Wildman–Crippen LogP) is 4.54. The van der Waals surface area contributed by atoms with Crippen LogP contribution in [0.2, 0.25) is 0 Å². The summed E-state index contributed by atoms with van der Waals surface area (Å²) in [6.07, 6.45) is 0.815. The topological polar surface area (TPSA) is 54.6 Å². The number of carbonyl (C=O) groups excluding carboxylic acids is 1. The molecule has 0 atom stereocenters. The van der Waals surface area contributed by atoms with Crippen LogP contribution >= 0.6 is 15.9 Å². The number of ether oxygens (including phenoxy) is 2. The predicted molar refractivity (Wildman–Crippen MR) is 113 cm³/mol. The second kappa shape index (κ2) is 8.37. The van der Waals surface area contributed by atoms with Gasteiger partial charge >= 0.3 is 0 Å². The molecular weight excluding hydrogens is 420 g/mol. The largest absolute Gasteiger partial charge is 0.490 e. The minimum absolute atomic E-state index is 0.00186. The molecule has 28 heavy (non-hydrogen) atoms. The Morgan fingerprint density at radius 2 is 2.04 bits per heavy atom. The first-order valence-corrected chi connectivity index (χ1v) is 10.3. The Bertz CT molecular complexity index is 999. The minimum Gasteiger partial charge on any atom is -0.490 e. The van der Waals surface area contributed by atoms with Crippen LogP contribution in [0, 0.1) is 0 Å². The van der Waals surface area contributed by atoms with E-state index in [2.05, 4.69) is 27.0 Å². The normalized spacial score (nSPS) is 13.6. The molecule has 0 saturated heterocycles. The van der Waals surface area contributed by atoms with Crippen LogP contribution in [0.15, 0.2) is 46.9 Å². The Hall–Kier alpha value is -2.31. The molecule has 2 aromatic carbocycles. The number of carbonyl (C=O) groups is 1. The van der Waals surface area contributed by atoms with Crippen molar-refractivity contribution in [1.82, 2.24) is 9.88 Å². The second-order valence-corrected chi connectivity index (χ2v) is 7.62. The fourth-order valence-electron chi connectivity index (χ4n) is 3.67. The van der Waals surface area contributed by atoms with Crippen molar-refractivity contribution in [2.75, 3.05) is 26.4 Å². The van der Waals surface area contributed by atoms with Crippen molar-refractivity contribution >= 4 is 32.7 Å². The van der Waals surface area contributed by atoms with E-state index in [1.807, 2.05) is 48.2 Å². The molecule has 1 aliphatic heterocycles. The van der Waals surface area contributed by atoms with Crippen LogP contribution in [0.25, 0.3) is 10.9 Å². The number of aromatic amines is 1. The van der Waals surface area contributed by atoms with Gasteiger partial charge < -0.3 is 19.4 Å². The zero-order chi connectivity index (χ0) is 19.5. The summed E-state index contributed by atoms with van der Waals surface area (Å²) in [7, 11) is 0. The molecule has 1 amide bonds. The summed E-state index contributed by atoms with van der Waals surface area (Å²) in [4.78, 5) is 18.7. The number of nitrogens with one attached hydrogen (secondary N) is 1. The number of aromatic nitrogens is 1. The number of para-hydroxylation sites is 2. The van der Waals surface area contributed by atoms with Gasteiger partial charge in [0.1, 0.15) is 12.4 Å². The molecule has 2 heterocycles. The number of amides is 1. The highest BCUT2D eigenvalue weighted by molar-refractivity contribution is 9.10. The molecule has 5 nitrogen and oxygen atoms in total. The van der Waals surface area contributed by atoms with Gasteiger partial charge in [0.2, 0.25) is 0 Å². The Kier molecular flexibility index (Phi) is 5.69. The fraction of sp³-hybridized carbons (Fsp3) is 0.318. The number of rotatable bonds is 6. The smallest absolute Gasteiger partial charge is 0.257 e. The molecule has 1 N–H and O–H groups in total. The van der Waals surface area contributed by atoms with Gasteiger partial charge in [-0.1, -0.05) is 24.3 Å². The molecule has 0 unspecified atom stereocenters. The first-order chi connectivity index (χ1) is 13.7. The van der Waals surface area contributed by atoms with Crippen molar-refractivity contribution in [3.05, 3.63) is 63.8 Å². The maximum Gasteiger partial charge on any atom is 0.257 e. The van der Waals surface area contributed by atoms with Gasteiger partial charge in [-0.15, -0.1) is 0 Å². The summed E-state index contributed by atoms with van der Waals surface area (Å²) in [5.41, 5.74) is 4.11. The molecule has 0 spiro atoms. The number of fused-ring (bicyclic) bond motifs is 3. The van der Waals surface area contributed by atoms with Gasteiger partial charge in [0.25, 0.3) is 5.91 Å². The van der Waals surface area contributed by atoms with Crippen molar-refractivity contribution in [3.63, 3.8) is 0 Å². The van der Waals surface area contributed by atoms with Crippen LogP contribution < -0.4 is 4.74 Å². The lowest BCUT2D eigenvalue weighted by atomic mass is 10.0. The van der Waals surface area contributed by atoms with Gasteiger partial charge in [-0.2, -0.15) is 0 Å². The maximum absolute atomic E-state index is 13.2. The molecule has 0 saturated carbocycles. The van der Waals surface area contributed by atoms with Gasteiger partial charge in [0, 0.05) is 47.2 Å². The standard InChI is InChI=1S/C22H23BrN2O3/c1-2-27-12-13-28-20-9-4-3-6-16(20)22(26)25-11-10-19-17(14-25)15-7-5-8-18(23)21(15)24-19/h3-9,24H,2,10-14H2,1H3. The van der Waals surface area contributed by atoms with E-state index in [-0.39, 0.29) is 5.91 Å². The van der Waals surface area contributed by atoms with Crippen LogP contribution in [-0.2, 0) is 17.7 Å². The molecule has 0 bridgehead atoms. The average molecular weight is 443 g/mol.